The summed E-state index contributed by atoms with van der Waals surface area (Å²) in [4.78, 5) is 16.8. The smallest absolute Gasteiger partial charge is 0.319 e. The number of hydrogen-bond donors (Lipinski definition) is 2. The summed E-state index contributed by atoms with van der Waals surface area (Å²) in [5.41, 5.74) is 1.86. The fourth-order valence-electron chi connectivity index (χ4n) is 3.51. The van der Waals surface area contributed by atoms with Crippen LogP contribution < -0.4 is 24.8 Å². The maximum absolute atomic E-state index is 13.1. The van der Waals surface area contributed by atoms with Crippen molar-refractivity contribution >= 4 is 34.2 Å². The van der Waals surface area contributed by atoms with E-state index in [0.717, 1.165) is 10.9 Å². The van der Waals surface area contributed by atoms with E-state index in [2.05, 4.69) is 15.6 Å². The number of fused-ring (bicyclic) bond motifs is 1. The van der Waals surface area contributed by atoms with E-state index in [1.807, 2.05) is 0 Å². The molecular formula is C26H23ClFN3O4. The number of halogens is 2. The average Bonchev–Trinajstić information content (AvgIpc) is 2.85. The SMILES string of the molecule is COc1cc2nccc(Oc3ccc(NC(=O)N[C@@H](C)c4ccc(F)cc4)c(Cl)c3)c2cc1OC. The Balaban J connectivity index is 1.48. The van der Waals surface area contributed by atoms with Crippen LogP contribution in [0.2, 0.25) is 5.02 Å². The Bertz CT molecular complexity index is 1370. The van der Waals surface area contributed by atoms with Gasteiger partial charge in [-0.2, -0.15) is 0 Å². The molecule has 4 aromatic rings. The number of methoxy groups -OCH3 is 2. The Morgan fingerprint density at radius 1 is 0.971 bits per heavy atom. The summed E-state index contributed by atoms with van der Waals surface area (Å²) in [6.07, 6.45) is 1.63. The Morgan fingerprint density at radius 2 is 1.69 bits per heavy atom. The van der Waals surface area contributed by atoms with Crippen molar-refractivity contribution in [2.75, 3.05) is 19.5 Å². The quantitative estimate of drug-likeness (QED) is 0.297. The largest absolute Gasteiger partial charge is 0.493 e. The molecule has 1 atom stereocenters. The van der Waals surface area contributed by atoms with E-state index in [1.165, 1.54) is 12.1 Å². The van der Waals surface area contributed by atoms with E-state index in [4.69, 9.17) is 25.8 Å². The molecule has 0 saturated heterocycles. The first-order valence-corrected chi connectivity index (χ1v) is 11.1. The molecule has 1 aromatic heterocycles. The number of rotatable bonds is 7. The monoisotopic (exact) mass is 495 g/mol. The summed E-state index contributed by atoms with van der Waals surface area (Å²) in [5.74, 6) is 1.81. The van der Waals surface area contributed by atoms with Crippen LogP contribution in [0.5, 0.6) is 23.0 Å². The van der Waals surface area contributed by atoms with Crippen molar-refractivity contribution in [2.45, 2.75) is 13.0 Å². The Hall–Kier alpha value is -4.04. The molecule has 0 aliphatic heterocycles. The van der Waals surface area contributed by atoms with Gasteiger partial charge in [-0.15, -0.1) is 0 Å². The van der Waals surface area contributed by atoms with Gasteiger partial charge in [0, 0.05) is 23.7 Å². The van der Waals surface area contributed by atoms with E-state index in [1.54, 1.807) is 75.9 Å². The molecule has 0 aliphatic carbocycles. The normalized spacial score (nSPS) is 11.6. The first-order valence-electron chi connectivity index (χ1n) is 10.7. The first kappa shape index (κ1) is 24.1. The minimum Gasteiger partial charge on any atom is -0.493 e. The number of carbonyl (C=O) groups is 1. The van der Waals surface area contributed by atoms with E-state index in [0.29, 0.717) is 39.2 Å². The van der Waals surface area contributed by atoms with Gasteiger partial charge in [-0.05, 0) is 48.9 Å². The Kier molecular flexibility index (Phi) is 7.22. The van der Waals surface area contributed by atoms with Crippen LogP contribution in [0.1, 0.15) is 18.5 Å². The summed E-state index contributed by atoms with van der Waals surface area (Å²) in [6.45, 7) is 1.80. The molecule has 180 valence electrons. The average molecular weight is 496 g/mol. The molecule has 0 spiro atoms. The Labute approximate surface area is 206 Å². The van der Waals surface area contributed by atoms with Gasteiger partial charge in [0.15, 0.2) is 11.5 Å². The van der Waals surface area contributed by atoms with Crippen molar-refractivity contribution in [1.29, 1.82) is 0 Å². The van der Waals surface area contributed by atoms with Crippen LogP contribution in [-0.2, 0) is 0 Å². The van der Waals surface area contributed by atoms with Gasteiger partial charge >= 0.3 is 6.03 Å². The number of aromatic nitrogens is 1. The molecule has 0 bridgehead atoms. The molecule has 0 saturated carbocycles. The lowest BCUT2D eigenvalue weighted by atomic mass is 10.1. The van der Waals surface area contributed by atoms with Crippen molar-refractivity contribution in [3.05, 3.63) is 83.3 Å². The number of amides is 2. The van der Waals surface area contributed by atoms with Gasteiger partial charge in [-0.3, -0.25) is 4.98 Å². The van der Waals surface area contributed by atoms with E-state index in [-0.39, 0.29) is 11.9 Å². The summed E-state index contributed by atoms with van der Waals surface area (Å²) in [7, 11) is 3.12. The number of nitrogens with one attached hydrogen (secondary N) is 2. The second-order valence-electron chi connectivity index (χ2n) is 7.65. The molecule has 2 amide bonds. The standard InChI is InChI=1S/C26H23ClFN3O4/c1-15(16-4-6-17(28)7-5-16)30-26(32)31-21-9-8-18(12-20(21)27)35-23-10-11-29-22-14-25(34-3)24(33-2)13-19(22)23/h4-15H,1-3H3,(H2,30,31,32)/t15-/m0/s1. The fourth-order valence-corrected chi connectivity index (χ4v) is 3.73. The highest BCUT2D eigenvalue weighted by molar-refractivity contribution is 6.33. The molecule has 0 aliphatic rings. The van der Waals surface area contributed by atoms with Gasteiger partial charge in [0.2, 0.25) is 0 Å². The predicted molar refractivity (Wildman–Crippen MR) is 133 cm³/mol. The lowest BCUT2D eigenvalue weighted by Crippen LogP contribution is -2.31. The second-order valence-corrected chi connectivity index (χ2v) is 8.06. The lowest BCUT2D eigenvalue weighted by molar-refractivity contribution is 0.249. The third kappa shape index (κ3) is 5.55. The zero-order valence-corrected chi connectivity index (χ0v) is 20.0. The van der Waals surface area contributed by atoms with Crippen LogP contribution in [0.25, 0.3) is 10.9 Å². The number of urea groups is 1. The topological polar surface area (TPSA) is 81.7 Å². The van der Waals surface area contributed by atoms with Crippen LogP contribution in [-0.4, -0.2) is 25.2 Å². The summed E-state index contributed by atoms with van der Waals surface area (Å²) in [5, 5.41) is 6.54. The summed E-state index contributed by atoms with van der Waals surface area (Å²) < 4.78 is 29.9. The van der Waals surface area contributed by atoms with Crippen molar-refractivity contribution in [3.8, 4) is 23.0 Å². The van der Waals surface area contributed by atoms with Gasteiger partial charge in [-0.1, -0.05) is 23.7 Å². The maximum atomic E-state index is 13.1. The summed E-state index contributed by atoms with van der Waals surface area (Å²) in [6, 6.07) is 15.4. The molecule has 7 nitrogen and oxygen atoms in total. The molecule has 3 aromatic carbocycles. The first-order chi connectivity index (χ1) is 16.9. The number of carbonyl (C=O) groups excluding carboxylic acids is 1. The highest BCUT2D eigenvalue weighted by Gasteiger charge is 2.14. The Morgan fingerprint density at radius 3 is 2.37 bits per heavy atom. The predicted octanol–water partition coefficient (Wildman–Crippen LogP) is 6.72. The molecule has 1 heterocycles. The van der Waals surface area contributed by atoms with E-state index < -0.39 is 6.03 Å². The molecule has 0 radical (unpaired) electrons. The van der Waals surface area contributed by atoms with Crippen LogP contribution >= 0.6 is 11.6 Å². The van der Waals surface area contributed by atoms with Gasteiger partial charge in [0.25, 0.3) is 0 Å². The van der Waals surface area contributed by atoms with Gasteiger partial charge < -0.3 is 24.8 Å². The highest BCUT2D eigenvalue weighted by atomic mass is 35.5. The van der Waals surface area contributed by atoms with Crippen LogP contribution in [0.15, 0.2) is 66.9 Å². The molecule has 0 fully saturated rings. The zero-order valence-electron chi connectivity index (χ0n) is 19.3. The molecule has 0 unspecified atom stereocenters. The third-order valence-electron chi connectivity index (χ3n) is 5.34. The minimum atomic E-state index is -0.446. The minimum absolute atomic E-state index is 0.296. The number of pyridine rings is 1. The molecule has 2 N–H and O–H groups in total. The number of hydrogen-bond acceptors (Lipinski definition) is 5. The highest BCUT2D eigenvalue weighted by Crippen LogP contribution is 2.37. The number of ether oxygens (including phenoxy) is 3. The van der Waals surface area contributed by atoms with Crippen molar-refractivity contribution in [1.82, 2.24) is 10.3 Å². The fraction of sp³-hybridized carbons (Fsp3) is 0.154. The van der Waals surface area contributed by atoms with Crippen LogP contribution in [0.3, 0.4) is 0 Å². The molecular weight excluding hydrogens is 473 g/mol. The second kappa shape index (κ2) is 10.5. The third-order valence-corrected chi connectivity index (χ3v) is 5.65. The van der Waals surface area contributed by atoms with Gasteiger partial charge in [-0.25, -0.2) is 9.18 Å². The van der Waals surface area contributed by atoms with Crippen LogP contribution in [0, 0.1) is 5.82 Å². The number of anilines is 1. The van der Waals surface area contributed by atoms with Crippen LogP contribution in [0.4, 0.5) is 14.9 Å². The van der Waals surface area contributed by atoms with Gasteiger partial charge in [0.05, 0.1) is 36.5 Å². The van der Waals surface area contributed by atoms with Crippen molar-refractivity contribution in [2.24, 2.45) is 0 Å². The summed E-state index contributed by atoms with van der Waals surface area (Å²) >= 11 is 6.40. The molecule has 4 rings (SSSR count). The van der Waals surface area contributed by atoms with Crippen molar-refractivity contribution in [3.63, 3.8) is 0 Å². The molecule has 35 heavy (non-hydrogen) atoms. The van der Waals surface area contributed by atoms with Gasteiger partial charge in [0.1, 0.15) is 17.3 Å². The van der Waals surface area contributed by atoms with Crippen molar-refractivity contribution < 1.29 is 23.4 Å². The van der Waals surface area contributed by atoms with E-state index >= 15 is 0 Å². The lowest BCUT2D eigenvalue weighted by Gasteiger charge is -2.16. The molecule has 9 heteroatoms. The zero-order chi connectivity index (χ0) is 24.9. The van der Waals surface area contributed by atoms with E-state index in [9.17, 15) is 9.18 Å². The maximum Gasteiger partial charge on any atom is 0.319 e. The number of benzene rings is 3. The number of nitrogens with zero attached hydrogens (tertiary/aromatic N) is 1.